The molecule has 0 saturated heterocycles. The van der Waals surface area contributed by atoms with Crippen molar-refractivity contribution in [3.8, 4) is 5.75 Å². The van der Waals surface area contributed by atoms with E-state index in [9.17, 15) is 9.59 Å². The summed E-state index contributed by atoms with van der Waals surface area (Å²) in [5.41, 5.74) is 13.3. The third kappa shape index (κ3) is 6.64. The molecule has 0 spiro atoms. The quantitative estimate of drug-likeness (QED) is 0.300. The van der Waals surface area contributed by atoms with E-state index in [1.165, 1.54) is 12.8 Å². The predicted molar refractivity (Wildman–Crippen MR) is 146 cm³/mol. The SMILES string of the molecule is C[C@H](NC(=O)[C@@](N)(CCCN)C(=O)C(c1ccccc1)c1ccccc1)c1ccc(OCC2CC2)cc1. The number of nitrogens with two attached hydrogens (primary N) is 2. The molecule has 1 aliphatic rings. The van der Waals surface area contributed by atoms with Crippen LogP contribution in [0.15, 0.2) is 84.9 Å². The Labute approximate surface area is 219 Å². The first-order valence-corrected chi connectivity index (χ1v) is 13.1. The van der Waals surface area contributed by atoms with Gasteiger partial charge in [-0.1, -0.05) is 72.8 Å². The minimum Gasteiger partial charge on any atom is -0.493 e. The highest BCUT2D eigenvalue weighted by Gasteiger charge is 2.45. The minimum absolute atomic E-state index is 0.158. The van der Waals surface area contributed by atoms with Crippen LogP contribution in [0, 0.1) is 5.92 Å². The normalized spacial score (nSPS) is 15.6. The van der Waals surface area contributed by atoms with Crippen molar-refractivity contribution in [2.75, 3.05) is 13.2 Å². The molecule has 1 amide bonds. The highest BCUT2D eigenvalue weighted by Crippen LogP contribution is 2.32. The number of benzene rings is 3. The summed E-state index contributed by atoms with van der Waals surface area (Å²) in [5, 5.41) is 3.00. The first-order valence-electron chi connectivity index (χ1n) is 13.1. The Morgan fingerprint density at radius 2 is 1.49 bits per heavy atom. The number of ketones is 1. The fourth-order valence-electron chi connectivity index (χ4n) is 4.53. The highest BCUT2D eigenvalue weighted by molar-refractivity contribution is 6.14. The summed E-state index contributed by atoms with van der Waals surface area (Å²) in [6.45, 7) is 2.96. The van der Waals surface area contributed by atoms with Crippen LogP contribution < -0.4 is 21.5 Å². The zero-order valence-corrected chi connectivity index (χ0v) is 21.4. The standard InChI is InChI=1S/C31H37N3O3/c1-22(24-15-17-27(18-16-24)37-21-23-13-14-23)34-30(36)31(33,19-8-20-32)29(35)28(25-9-4-2-5-10-25)26-11-6-3-7-12-26/h2-7,9-12,15-18,22-23,28H,8,13-14,19-21,32-33H2,1H3,(H,34,36)/t22-,31+/m0/s1. The van der Waals surface area contributed by atoms with E-state index in [1.54, 1.807) is 0 Å². The van der Waals surface area contributed by atoms with Crippen molar-refractivity contribution in [3.05, 3.63) is 102 Å². The van der Waals surface area contributed by atoms with Crippen LogP contribution in [-0.4, -0.2) is 30.4 Å². The van der Waals surface area contributed by atoms with E-state index in [-0.39, 0.29) is 18.2 Å². The molecule has 3 aromatic rings. The summed E-state index contributed by atoms with van der Waals surface area (Å²) < 4.78 is 5.82. The van der Waals surface area contributed by atoms with Gasteiger partial charge in [0.1, 0.15) is 5.75 Å². The maximum atomic E-state index is 14.2. The molecule has 0 bridgehead atoms. The fraction of sp³-hybridized carbons (Fsp3) is 0.355. The number of rotatable bonds is 13. The van der Waals surface area contributed by atoms with Crippen LogP contribution in [0.2, 0.25) is 0 Å². The molecule has 3 aromatic carbocycles. The minimum atomic E-state index is -1.74. The van der Waals surface area contributed by atoms with Crippen LogP contribution in [-0.2, 0) is 9.59 Å². The Morgan fingerprint density at radius 1 is 0.919 bits per heavy atom. The van der Waals surface area contributed by atoms with Gasteiger partial charge in [0.15, 0.2) is 11.3 Å². The number of hydrogen-bond acceptors (Lipinski definition) is 5. The topological polar surface area (TPSA) is 107 Å². The lowest BCUT2D eigenvalue weighted by Gasteiger charge is -2.32. The molecular formula is C31H37N3O3. The summed E-state index contributed by atoms with van der Waals surface area (Å²) in [4.78, 5) is 27.9. The molecule has 4 rings (SSSR count). The molecule has 194 valence electrons. The number of carbonyl (C=O) groups is 2. The van der Waals surface area contributed by atoms with Crippen molar-refractivity contribution >= 4 is 11.7 Å². The second-order valence-corrected chi connectivity index (χ2v) is 10.0. The van der Waals surface area contributed by atoms with E-state index in [2.05, 4.69) is 5.32 Å². The lowest BCUT2D eigenvalue weighted by Crippen LogP contribution is -2.61. The van der Waals surface area contributed by atoms with E-state index in [0.717, 1.165) is 29.0 Å². The number of hydrogen-bond donors (Lipinski definition) is 3. The van der Waals surface area contributed by atoms with Gasteiger partial charge < -0.3 is 21.5 Å². The van der Waals surface area contributed by atoms with Gasteiger partial charge in [0.2, 0.25) is 5.91 Å². The van der Waals surface area contributed by atoms with Crippen LogP contribution in [0.1, 0.15) is 61.3 Å². The molecule has 6 heteroatoms. The predicted octanol–water partition coefficient (Wildman–Crippen LogP) is 4.49. The summed E-state index contributed by atoms with van der Waals surface area (Å²) >= 11 is 0. The smallest absolute Gasteiger partial charge is 0.248 e. The van der Waals surface area contributed by atoms with Gasteiger partial charge in [-0.05, 0) is 73.9 Å². The average molecular weight is 500 g/mol. The highest BCUT2D eigenvalue weighted by atomic mass is 16.5. The van der Waals surface area contributed by atoms with Crippen LogP contribution in [0.5, 0.6) is 5.75 Å². The van der Waals surface area contributed by atoms with E-state index in [4.69, 9.17) is 16.2 Å². The largest absolute Gasteiger partial charge is 0.493 e. The Kier molecular flexibility index (Phi) is 8.74. The summed E-state index contributed by atoms with van der Waals surface area (Å²) in [7, 11) is 0. The van der Waals surface area contributed by atoms with Crippen LogP contribution >= 0.6 is 0 Å². The number of nitrogens with one attached hydrogen (secondary N) is 1. The van der Waals surface area contributed by atoms with Crippen molar-refractivity contribution < 1.29 is 14.3 Å². The third-order valence-electron chi connectivity index (χ3n) is 7.06. The molecular weight excluding hydrogens is 462 g/mol. The molecule has 37 heavy (non-hydrogen) atoms. The molecule has 0 heterocycles. The van der Waals surface area contributed by atoms with E-state index in [1.807, 2.05) is 91.9 Å². The Balaban J connectivity index is 1.55. The fourth-order valence-corrected chi connectivity index (χ4v) is 4.53. The molecule has 2 atom stereocenters. The van der Waals surface area contributed by atoms with Crippen molar-refractivity contribution in [2.45, 2.75) is 50.1 Å². The van der Waals surface area contributed by atoms with Gasteiger partial charge >= 0.3 is 0 Å². The molecule has 1 saturated carbocycles. The van der Waals surface area contributed by atoms with Gasteiger partial charge in [0, 0.05) is 0 Å². The molecule has 0 aromatic heterocycles. The zero-order chi connectivity index (χ0) is 26.3. The molecule has 5 N–H and O–H groups in total. The first kappa shape index (κ1) is 26.6. The van der Waals surface area contributed by atoms with Gasteiger partial charge in [0.05, 0.1) is 18.6 Å². The maximum Gasteiger partial charge on any atom is 0.248 e. The van der Waals surface area contributed by atoms with Crippen LogP contribution in [0.4, 0.5) is 0 Å². The molecule has 6 nitrogen and oxygen atoms in total. The second-order valence-electron chi connectivity index (χ2n) is 10.0. The van der Waals surface area contributed by atoms with Crippen molar-refractivity contribution in [1.29, 1.82) is 0 Å². The molecule has 1 aliphatic carbocycles. The Hall–Kier alpha value is -3.48. The van der Waals surface area contributed by atoms with Gasteiger partial charge in [-0.3, -0.25) is 9.59 Å². The summed E-state index contributed by atoms with van der Waals surface area (Å²) in [6, 6.07) is 26.3. The Bertz CT molecular complexity index is 1120. The number of Topliss-reactive ketones (excluding diaryl/α,β-unsaturated/α-hetero) is 1. The third-order valence-corrected chi connectivity index (χ3v) is 7.06. The Morgan fingerprint density at radius 3 is 2.00 bits per heavy atom. The van der Waals surface area contributed by atoms with Crippen molar-refractivity contribution in [1.82, 2.24) is 5.32 Å². The molecule has 0 unspecified atom stereocenters. The van der Waals surface area contributed by atoms with Gasteiger partial charge in [-0.15, -0.1) is 0 Å². The molecule has 0 aliphatic heterocycles. The molecule has 0 radical (unpaired) electrons. The van der Waals surface area contributed by atoms with E-state index < -0.39 is 17.4 Å². The monoisotopic (exact) mass is 499 g/mol. The number of ether oxygens (including phenoxy) is 1. The van der Waals surface area contributed by atoms with Gasteiger partial charge in [-0.25, -0.2) is 0 Å². The van der Waals surface area contributed by atoms with Crippen LogP contribution in [0.25, 0.3) is 0 Å². The molecule has 1 fully saturated rings. The maximum absolute atomic E-state index is 14.2. The summed E-state index contributed by atoms with van der Waals surface area (Å²) in [5.74, 6) is -0.0170. The van der Waals surface area contributed by atoms with E-state index >= 15 is 0 Å². The lowest BCUT2D eigenvalue weighted by atomic mass is 9.76. The number of amides is 1. The second kappa shape index (κ2) is 12.2. The first-order chi connectivity index (χ1) is 17.9. The summed E-state index contributed by atoms with van der Waals surface area (Å²) in [6.07, 6.45) is 3.08. The lowest BCUT2D eigenvalue weighted by molar-refractivity contribution is -0.137. The van der Waals surface area contributed by atoms with Crippen molar-refractivity contribution in [2.24, 2.45) is 17.4 Å². The van der Waals surface area contributed by atoms with Gasteiger partial charge in [-0.2, -0.15) is 0 Å². The van der Waals surface area contributed by atoms with Crippen LogP contribution in [0.3, 0.4) is 0 Å². The van der Waals surface area contributed by atoms with Crippen molar-refractivity contribution in [3.63, 3.8) is 0 Å². The van der Waals surface area contributed by atoms with Gasteiger partial charge in [0.25, 0.3) is 0 Å². The average Bonchev–Trinajstić information content (AvgIpc) is 3.77. The zero-order valence-electron chi connectivity index (χ0n) is 21.4. The van der Waals surface area contributed by atoms with E-state index in [0.29, 0.717) is 18.9 Å². The number of carbonyl (C=O) groups excluding carboxylic acids is 2.